The molecule has 0 aliphatic rings. The van der Waals surface area contributed by atoms with Crippen LogP contribution in [-0.2, 0) is 5.75 Å². The lowest BCUT2D eigenvalue weighted by molar-refractivity contribution is 0.506. The minimum Gasteiger partial charge on any atom is -0.453 e. The molecular formula is C10H10BrN3OS. The van der Waals surface area contributed by atoms with Gasteiger partial charge >= 0.3 is 0 Å². The van der Waals surface area contributed by atoms with Gasteiger partial charge in [-0.15, -0.1) is 0 Å². The highest BCUT2D eigenvalue weighted by molar-refractivity contribution is 9.10. The van der Waals surface area contributed by atoms with E-state index < -0.39 is 0 Å². The van der Waals surface area contributed by atoms with E-state index in [-0.39, 0.29) is 0 Å². The molecule has 0 aliphatic heterocycles. The quantitative estimate of drug-likeness (QED) is 0.697. The minimum atomic E-state index is 0.496. The van der Waals surface area contributed by atoms with Crippen LogP contribution in [0.15, 0.2) is 32.4 Å². The van der Waals surface area contributed by atoms with Crippen LogP contribution >= 0.6 is 27.7 Å². The molecule has 2 heterocycles. The molecule has 2 rings (SSSR count). The standard InChI is InChI=1S/C10H10BrN3OS/c1-6-4-9(12)14-10(13-6)16-5-7-2-3-8(11)15-7/h2-4H,5H2,1H3,(H2,12,13,14). The Morgan fingerprint density at radius 2 is 2.25 bits per heavy atom. The summed E-state index contributed by atoms with van der Waals surface area (Å²) in [7, 11) is 0. The first-order valence-corrected chi connectivity index (χ1v) is 6.39. The van der Waals surface area contributed by atoms with Crippen molar-refractivity contribution in [2.45, 2.75) is 17.8 Å². The number of hydrogen-bond acceptors (Lipinski definition) is 5. The predicted molar refractivity (Wildman–Crippen MR) is 67.2 cm³/mol. The van der Waals surface area contributed by atoms with Crippen molar-refractivity contribution in [3.05, 3.63) is 34.3 Å². The molecule has 84 valence electrons. The van der Waals surface area contributed by atoms with E-state index in [9.17, 15) is 0 Å². The fraction of sp³-hybridized carbons (Fsp3) is 0.200. The van der Waals surface area contributed by atoms with Crippen molar-refractivity contribution >= 4 is 33.5 Å². The van der Waals surface area contributed by atoms with Crippen molar-refractivity contribution in [3.8, 4) is 0 Å². The molecule has 0 amide bonds. The molecule has 2 aromatic rings. The van der Waals surface area contributed by atoms with Gasteiger partial charge in [-0.3, -0.25) is 0 Å². The maximum absolute atomic E-state index is 5.64. The lowest BCUT2D eigenvalue weighted by Crippen LogP contribution is -1.96. The van der Waals surface area contributed by atoms with Crippen LogP contribution in [0.5, 0.6) is 0 Å². The van der Waals surface area contributed by atoms with Gasteiger partial charge < -0.3 is 10.2 Å². The molecule has 0 atom stereocenters. The van der Waals surface area contributed by atoms with E-state index in [1.807, 2.05) is 19.1 Å². The van der Waals surface area contributed by atoms with Crippen LogP contribution in [-0.4, -0.2) is 9.97 Å². The van der Waals surface area contributed by atoms with E-state index in [1.165, 1.54) is 11.8 Å². The van der Waals surface area contributed by atoms with Gasteiger partial charge in [0, 0.05) is 11.8 Å². The van der Waals surface area contributed by atoms with Gasteiger partial charge in [0.1, 0.15) is 11.6 Å². The van der Waals surface area contributed by atoms with E-state index in [4.69, 9.17) is 10.2 Å². The molecule has 6 heteroatoms. The van der Waals surface area contributed by atoms with Crippen molar-refractivity contribution in [1.82, 2.24) is 9.97 Å². The van der Waals surface area contributed by atoms with Crippen molar-refractivity contribution in [2.24, 2.45) is 0 Å². The number of furan rings is 1. The second-order valence-electron chi connectivity index (χ2n) is 3.21. The van der Waals surface area contributed by atoms with Crippen LogP contribution in [0.2, 0.25) is 0 Å². The summed E-state index contributed by atoms with van der Waals surface area (Å²) in [6.45, 7) is 1.89. The molecule has 0 bridgehead atoms. The third-order valence-corrected chi connectivity index (χ3v) is 3.12. The zero-order chi connectivity index (χ0) is 11.5. The molecule has 0 saturated carbocycles. The van der Waals surface area contributed by atoms with Crippen molar-refractivity contribution in [1.29, 1.82) is 0 Å². The second kappa shape index (κ2) is 4.88. The molecule has 4 nitrogen and oxygen atoms in total. The number of nitrogen functional groups attached to an aromatic ring is 1. The molecule has 0 aliphatic carbocycles. The maximum atomic E-state index is 5.64. The third kappa shape index (κ3) is 2.99. The first-order chi connectivity index (χ1) is 7.63. The van der Waals surface area contributed by atoms with Crippen LogP contribution in [0.25, 0.3) is 0 Å². The van der Waals surface area contributed by atoms with E-state index >= 15 is 0 Å². The number of aromatic nitrogens is 2. The van der Waals surface area contributed by atoms with Crippen molar-refractivity contribution in [2.75, 3.05) is 5.73 Å². The van der Waals surface area contributed by atoms with Crippen LogP contribution in [0.1, 0.15) is 11.5 Å². The van der Waals surface area contributed by atoms with E-state index in [2.05, 4.69) is 25.9 Å². The molecule has 0 unspecified atom stereocenters. The average molecular weight is 300 g/mol. The molecule has 0 saturated heterocycles. The largest absolute Gasteiger partial charge is 0.453 e. The molecule has 0 radical (unpaired) electrons. The minimum absolute atomic E-state index is 0.496. The van der Waals surface area contributed by atoms with Gasteiger partial charge in [0.15, 0.2) is 9.83 Å². The van der Waals surface area contributed by atoms with Gasteiger partial charge in [-0.05, 0) is 35.0 Å². The molecule has 2 aromatic heterocycles. The highest BCUT2D eigenvalue weighted by atomic mass is 79.9. The molecule has 2 N–H and O–H groups in total. The normalized spacial score (nSPS) is 10.6. The predicted octanol–water partition coefficient (Wildman–Crippen LogP) is 3.02. The Morgan fingerprint density at radius 1 is 1.44 bits per heavy atom. The van der Waals surface area contributed by atoms with Crippen molar-refractivity contribution in [3.63, 3.8) is 0 Å². The summed E-state index contributed by atoms with van der Waals surface area (Å²) in [5.74, 6) is 2.06. The zero-order valence-electron chi connectivity index (χ0n) is 8.61. The summed E-state index contributed by atoms with van der Waals surface area (Å²) in [5.41, 5.74) is 6.51. The molecule has 0 spiro atoms. The summed E-state index contributed by atoms with van der Waals surface area (Å²) < 4.78 is 6.10. The van der Waals surface area contributed by atoms with E-state index in [1.54, 1.807) is 6.07 Å². The van der Waals surface area contributed by atoms with E-state index in [0.29, 0.717) is 16.7 Å². The van der Waals surface area contributed by atoms with Gasteiger partial charge in [-0.1, -0.05) is 11.8 Å². The Morgan fingerprint density at radius 3 is 2.88 bits per heavy atom. The number of thioether (sulfide) groups is 1. The Labute approximate surface area is 106 Å². The van der Waals surface area contributed by atoms with Crippen LogP contribution in [0.3, 0.4) is 0 Å². The second-order valence-corrected chi connectivity index (χ2v) is 4.94. The number of halogens is 1. The number of nitrogens with zero attached hydrogens (tertiary/aromatic N) is 2. The van der Waals surface area contributed by atoms with Crippen molar-refractivity contribution < 1.29 is 4.42 Å². The van der Waals surface area contributed by atoms with Gasteiger partial charge in [-0.25, -0.2) is 9.97 Å². The molecule has 0 fully saturated rings. The fourth-order valence-corrected chi connectivity index (χ4v) is 2.34. The maximum Gasteiger partial charge on any atom is 0.190 e. The third-order valence-electron chi connectivity index (χ3n) is 1.83. The fourth-order valence-electron chi connectivity index (χ4n) is 1.19. The lowest BCUT2D eigenvalue weighted by atomic mass is 10.4. The first-order valence-electron chi connectivity index (χ1n) is 4.61. The van der Waals surface area contributed by atoms with Crippen LogP contribution in [0, 0.1) is 6.92 Å². The first kappa shape index (κ1) is 11.5. The summed E-state index contributed by atoms with van der Waals surface area (Å²) in [5, 5.41) is 0.671. The number of nitrogens with two attached hydrogens (primary N) is 1. The highest BCUT2D eigenvalue weighted by Gasteiger charge is 2.04. The number of anilines is 1. The monoisotopic (exact) mass is 299 g/mol. The lowest BCUT2D eigenvalue weighted by Gasteiger charge is -2.01. The van der Waals surface area contributed by atoms with Gasteiger partial charge in [0.25, 0.3) is 0 Å². The molecular weight excluding hydrogens is 290 g/mol. The Hall–Kier alpha value is -1.01. The van der Waals surface area contributed by atoms with Crippen LogP contribution < -0.4 is 5.73 Å². The summed E-state index contributed by atoms with van der Waals surface area (Å²) in [4.78, 5) is 8.41. The molecule has 16 heavy (non-hydrogen) atoms. The zero-order valence-corrected chi connectivity index (χ0v) is 11.0. The Bertz CT molecular complexity index is 480. The van der Waals surface area contributed by atoms with Gasteiger partial charge in [-0.2, -0.15) is 0 Å². The van der Waals surface area contributed by atoms with Gasteiger partial charge in [0.2, 0.25) is 0 Å². The number of hydrogen-bond donors (Lipinski definition) is 1. The SMILES string of the molecule is Cc1cc(N)nc(SCc2ccc(Br)o2)n1. The number of rotatable bonds is 3. The van der Waals surface area contributed by atoms with E-state index in [0.717, 1.165) is 16.1 Å². The highest BCUT2D eigenvalue weighted by Crippen LogP contribution is 2.23. The summed E-state index contributed by atoms with van der Waals surface area (Å²) >= 11 is 4.75. The Kier molecular flexibility index (Phi) is 3.50. The number of aryl methyl sites for hydroxylation is 1. The summed E-state index contributed by atoms with van der Waals surface area (Å²) in [6, 6.07) is 5.52. The molecule has 0 aromatic carbocycles. The van der Waals surface area contributed by atoms with Gasteiger partial charge in [0.05, 0.1) is 5.75 Å². The smallest absolute Gasteiger partial charge is 0.190 e. The van der Waals surface area contributed by atoms with Crippen LogP contribution in [0.4, 0.5) is 5.82 Å². The topological polar surface area (TPSA) is 64.9 Å². The average Bonchev–Trinajstić information content (AvgIpc) is 2.60. The Balaban J connectivity index is 2.04. The summed E-state index contributed by atoms with van der Waals surface area (Å²) in [6.07, 6.45) is 0.